The quantitative estimate of drug-likeness (QED) is 0.890. The molecule has 1 aromatic heterocycles. The maximum atomic E-state index is 13.2. The third kappa shape index (κ3) is 2.08. The number of aromatic nitrogens is 2. The average Bonchev–Trinajstić information content (AvgIpc) is 2.52. The summed E-state index contributed by atoms with van der Waals surface area (Å²) in [4.78, 5) is 4.29. The number of hydrogen-bond acceptors (Lipinski definition) is 2. The highest BCUT2D eigenvalue weighted by molar-refractivity contribution is 5.71. The number of nitrogens with zero attached hydrogens (tertiary/aromatic N) is 2. The molecule has 18 heavy (non-hydrogen) atoms. The first-order valence-electron chi connectivity index (χ1n) is 5.71. The Balaban J connectivity index is 2.61. The number of nitrogens with two attached hydrogens (primary N) is 1. The number of halogens is 2. The van der Waals surface area contributed by atoms with Gasteiger partial charge in [0.1, 0.15) is 29.0 Å². The van der Waals surface area contributed by atoms with Crippen LogP contribution in [0.4, 0.5) is 14.6 Å². The highest BCUT2D eigenvalue weighted by Crippen LogP contribution is 2.29. The second-order valence-electron chi connectivity index (χ2n) is 4.51. The number of nitrogen functional groups attached to an aromatic ring is 1. The number of imidazole rings is 1. The van der Waals surface area contributed by atoms with Crippen LogP contribution in [-0.4, -0.2) is 9.55 Å². The van der Waals surface area contributed by atoms with Gasteiger partial charge in [0.2, 0.25) is 0 Å². The van der Waals surface area contributed by atoms with Gasteiger partial charge in [-0.15, -0.1) is 0 Å². The van der Waals surface area contributed by atoms with Crippen LogP contribution in [0.25, 0.3) is 11.3 Å². The molecule has 2 rings (SSSR count). The second kappa shape index (κ2) is 4.40. The number of hydrogen-bond donors (Lipinski definition) is 1. The van der Waals surface area contributed by atoms with Gasteiger partial charge in [0.05, 0.1) is 0 Å². The first kappa shape index (κ1) is 12.5. The zero-order valence-corrected chi connectivity index (χ0v) is 10.5. The van der Waals surface area contributed by atoms with Gasteiger partial charge in [-0.25, -0.2) is 13.8 Å². The van der Waals surface area contributed by atoms with Crippen LogP contribution < -0.4 is 5.73 Å². The molecule has 0 saturated heterocycles. The van der Waals surface area contributed by atoms with Crippen LogP contribution in [0, 0.1) is 18.6 Å². The van der Waals surface area contributed by atoms with Gasteiger partial charge in [0.15, 0.2) is 0 Å². The highest BCUT2D eigenvalue weighted by atomic mass is 19.1. The molecule has 1 aromatic carbocycles. The van der Waals surface area contributed by atoms with Gasteiger partial charge in [-0.2, -0.15) is 0 Å². The van der Waals surface area contributed by atoms with Crippen LogP contribution in [-0.2, 0) is 0 Å². The summed E-state index contributed by atoms with van der Waals surface area (Å²) in [6.07, 6.45) is 0. The largest absolute Gasteiger partial charge is 0.383 e. The van der Waals surface area contributed by atoms with E-state index in [0.29, 0.717) is 17.1 Å². The zero-order valence-electron chi connectivity index (χ0n) is 10.5. The molecule has 0 aliphatic carbocycles. The number of anilines is 1. The molecule has 0 radical (unpaired) electrons. The Labute approximate surface area is 104 Å². The monoisotopic (exact) mass is 251 g/mol. The summed E-state index contributed by atoms with van der Waals surface area (Å²) in [5.41, 5.74) is 6.76. The van der Waals surface area contributed by atoms with Crippen LogP contribution >= 0.6 is 0 Å². The van der Waals surface area contributed by atoms with E-state index in [9.17, 15) is 8.78 Å². The minimum Gasteiger partial charge on any atom is -0.383 e. The van der Waals surface area contributed by atoms with Crippen molar-refractivity contribution in [2.24, 2.45) is 0 Å². The summed E-state index contributed by atoms with van der Waals surface area (Å²) in [5, 5.41) is 0. The number of aryl methyl sites for hydroxylation is 1. The molecule has 2 N–H and O–H groups in total. The Kier molecular flexibility index (Phi) is 3.07. The first-order valence-corrected chi connectivity index (χ1v) is 5.71. The molecule has 0 saturated carbocycles. The van der Waals surface area contributed by atoms with Crippen LogP contribution in [0.2, 0.25) is 0 Å². The van der Waals surface area contributed by atoms with Crippen LogP contribution in [0.1, 0.15) is 25.7 Å². The van der Waals surface area contributed by atoms with Crippen molar-refractivity contribution in [2.45, 2.75) is 26.8 Å². The van der Waals surface area contributed by atoms with E-state index in [1.165, 1.54) is 12.1 Å². The van der Waals surface area contributed by atoms with Crippen LogP contribution in [0.3, 0.4) is 0 Å². The number of benzene rings is 1. The summed E-state index contributed by atoms with van der Waals surface area (Å²) in [7, 11) is 0. The van der Waals surface area contributed by atoms with E-state index in [4.69, 9.17) is 5.73 Å². The molecule has 96 valence electrons. The Morgan fingerprint density at radius 2 is 1.72 bits per heavy atom. The van der Waals surface area contributed by atoms with Gasteiger partial charge < -0.3 is 10.3 Å². The summed E-state index contributed by atoms with van der Waals surface area (Å²) in [6, 6.07) is 3.42. The molecule has 0 aliphatic rings. The Hall–Kier alpha value is -1.91. The lowest BCUT2D eigenvalue weighted by Gasteiger charge is -2.11. The van der Waals surface area contributed by atoms with Crippen molar-refractivity contribution in [3.05, 3.63) is 35.7 Å². The predicted molar refractivity (Wildman–Crippen MR) is 67.1 cm³/mol. The normalized spacial score (nSPS) is 11.2. The Morgan fingerprint density at radius 1 is 1.17 bits per heavy atom. The van der Waals surface area contributed by atoms with Gasteiger partial charge in [-0.05, 0) is 32.9 Å². The third-order valence-corrected chi connectivity index (χ3v) is 2.78. The molecular formula is C13H15F2N3. The van der Waals surface area contributed by atoms with Crippen molar-refractivity contribution in [3.8, 4) is 11.3 Å². The second-order valence-corrected chi connectivity index (χ2v) is 4.51. The van der Waals surface area contributed by atoms with Crippen molar-refractivity contribution in [1.82, 2.24) is 9.55 Å². The molecule has 1 heterocycles. The molecular weight excluding hydrogens is 236 g/mol. The van der Waals surface area contributed by atoms with E-state index in [1.54, 1.807) is 0 Å². The van der Waals surface area contributed by atoms with Crippen molar-refractivity contribution < 1.29 is 8.78 Å². The lowest BCUT2D eigenvalue weighted by atomic mass is 10.1. The van der Waals surface area contributed by atoms with E-state index >= 15 is 0 Å². The molecule has 0 amide bonds. The molecule has 0 atom stereocenters. The summed E-state index contributed by atoms with van der Waals surface area (Å²) in [6.45, 7) is 5.76. The average molecular weight is 251 g/mol. The lowest BCUT2D eigenvalue weighted by molar-refractivity contribution is 0.584. The molecule has 5 heteroatoms. The molecule has 0 spiro atoms. The molecule has 0 bridgehead atoms. The molecule has 0 aliphatic heterocycles. The van der Waals surface area contributed by atoms with Gasteiger partial charge in [0, 0.05) is 17.7 Å². The molecule has 3 nitrogen and oxygen atoms in total. The molecule has 0 fully saturated rings. The number of rotatable bonds is 2. The smallest absolute Gasteiger partial charge is 0.131 e. The van der Waals surface area contributed by atoms with Crippen molar-refractivity contribution in [2.75, 3.05) is 5.73 Å². The topological polar surface area (TPSA) is 43.8 Å². The van der Waals surface area contributed by atoms with E-state index in [2.05, 4.69) is 4.98 Å². The summed E-state index contributed by atoms with van der Waals surface area (Å²) >= 11 is 0. The third-order valence-electron chi connectivity index (χ3n) is 2.78. The minimum absolute atomic E-state index is 0.143. The van der Waals surface area contributed by atoms with Gasteiger partial charge in [-0.3, -0.25) is 0 Å². The van der Waals surface area contributed by atoms with Crippen molar-refractivity contribution >= 4 is 5.82 Å². The van der Waals surface area contributed by atoms with Gasteiger partial charge >= 0.3 is 0 Å². The SMILES string of the molecule is Cc1nc(-c2cc(F)cc(F)c2)c(N)n1C(C)C. The Bertz CT molecular complexity index is 568. The van der Waals surface area contributed by atoms with Gasteiger partial charge in [-0.1, -0.05) is 0 Å². The fraction of sp³-hybridized carbons (Fsp3) is 0.308. The zero-order chi connectivity index (χ0) is 13.4. The standard InChI is InChI=1S/C13H15F2N3/c1-7(2)18-8(3)17-12(13(18)16)9-4-10(14)6-11(15)5-9/h4-7H,16H2,1-3H3. The predicted octanol–water partition coefficient (Wildman–Crippen LogP) is 3.30. The van der Waals surface area contributed by atoms with Crippen LogP contribution in [0.5, 0.6) is 0 Å². The maximum absolute atomic E-state index is 13.2. The van der Waals surface area contributed by atoms with E-state index < -0.39 is 11.6 Å². The van der Waals surface area contributed by atoms with Crippen molar-refractivity contribution in [3.63, 3.8) is 0 Å². The first-order chi connectivity index (χ1) is 8.40. The van der Waals surface area contributed by atoms with E-state index in [-0.39, 0.29) is 6.04 Å². The van der Waals surface area contributed by atoms with Crippen LogP contribution in [0.15, 0.2) is 18.2 Å². The lowest BCUT2D eigenvalue weighted by Crippen LogP contribution is -2.07. The summed E-state index contributed by atoms with van der Waals surface area (Å²) < 4.78 is 28.2. The minimum atomic E-state index is -0.638. The van der Waals surface area contributed by atoms with Gasteiger partial charge in [0.25, 0.3) is 0 Å². The maximum Gasteiger partial charge on any atom is 0.131 e. The van der Waals surface area contributed by atoms with E-state index in [0.717, 1.165) is 11.9 Å². The van der Waals surface area contributed by atoms with E-state index in [1.807, 2.05) is 25.3 Å². The highest BCUT2D eigenvalue weighted by Gasteiger charge is 2.16. The fourth-order valence-corrected chi connectivity index (χ4v) is 2.12. The van der Waals surface area contributed by atoms with Crippen molar-refractivity contribution in [1.29, 1.82) is 0 Å². The Morgan fingerprint density at radius 3 is 2.17 bits per heavy atom. The molecule has 2 aromatic rings. The summed E-state index contributed by atoms with van der Waals surface area (Å²) in [5.74, 6) is -0.128. The fourth-order valence-electron chi connectivity index (χ4n) is 2.12. The molecule has 0 unspecified atom stereocenters.